The topological polar surface area (TPSA) is 111 Å². The van der Waals surface area contributed by atoms with E-state index in [0.717, 1.165) is 12.8 Å². The Hall–Kier alpha value is -3.18. The summed E-state index contributed by atoms with van der Waals surface area (Å²) in [6.45, 7) is 2.71. The molecule has 1 amide bonds. The van der Waals surface area contributed by atoms with Crippen LogP contribution in [0.25, 0.3) is 11.1 Å². The van der Waals surface area contributed by atoms with Crippen molar-refractivity contribution in [1.29, 1.82) is 0 Å². The summed E-state index contributed by atoms with van der Waals surface area (Å²) < 4.78 is 52.4. The molecule has 9 nitrogen and oxygen atoms in total. The van der Waals surface area contributed by atoms with Gasteiger partial charge in [-0.3, -0.25) is 9.36 Å². The number of ether oxygens (including phenoxy) is 1. The smallest absolute Gasteiger partial charge is 0.419 e. The molecule has 1 N–H and O–H groups in total. The predicted octanol–water partition coefficient (Wildman–Crippen LogP) is 2.79. The van der Waals surface area contributed by atoms with E-state index in [9.17, 15) is 22.4 Å². The number of carbonyl (C=O) groups excluding carboxylic acids is 1. The van der Waals surface area contributed by atoms with Gasteiger partial charge in [0.25, 0.3) is 0 Å². The van der Waals surface area contributed by atoms with Crippen molar-refractivity contribution in [3.63, 3.8) is 0 Å². The number of rotatable bonds is 8. The number of nitrogens with zero attached hydrogens (tertiary/aromatic N) is 2. The predicted molar refractivity (Wildman–Crippen MR) is 123 cm³/mol. The van der Waals surface area contributed by atoms with Crippen molar-refractivity contribution in [3.8, 4) is 5.75 Å². The molecule has 1 aliphatic rings. The van der Waals surface area contributed by atoms with Gasteiger partial charge >= 0.3 is 5.76 Å². The zero-order chi connectivity index (χ0) is 24.5. The molecule has 0 aliphatic carbocycles. The van der Waals surface area contributed by atoms with Gasteiger partial charge in [-0.1, -0.05) is 6.07 Å². The maximum absolute atomic E-state index is 13.9. The highest BCUT2D eigenvalue weighted by molar-refractivity contribution is 7.89. The molecule has 1 aliphatic heterocycles. The number of nitrogens with one attached hydrogen (secondary N) is 1. The number of halogens is 1. The minimum atomic E-state index is -3.64. The van der Waals surface area contributed by atoms with Gasteiger partial charge in [0.05, 0.1) is 23.6 Å². The molecule has 182 valence electrons. The largest absolute Gasteiger partial charge is 0.494 e. The molecular weight excluding hydrogens is 465 g/mol. The van der Waals surface area contributed by atoms with Crippen molar-refractivity contribution < 1.29 is 26.8 Å². The molecule has 1 fully saturated rings. The summed E-state index contributed by atoms with van der Waals surface area (Å²) in [4.78, 5) is 24.9. The summed E-state index contributed by atoms with van der Waals surface area (Å²) in [6.07, 6.45) is 1.62. The third-order valence-corrected chi connectivity index (χ3v) is 7.85. The van der Waals surface area contributed by atoms with Crippen LogP contribution < -0.4 is 15.8 Å². The molecule has 3 aromatic rings. The Kier molecular flexibility index (Phi) is 6.76. The molecule has 2 heterocycles. The summed E-state index contributed by atoms with van der Waals surface area (Å²) in [5, 5.41) is 2.77. The monoisotopic (exact) mass is 491 g/mol. The molecule has 0 radical (unpaired) electrons. The van der Waals surface area contributed by atoms with Gasteiger partial charge in [0.1, 0.15) is 0 Å². The zero-order valence-corrected chi connectivity index (χ0v) is 19.7. The Morgan fingerprint density at radius 3 is 2.62 bits per heavy atom. The summed E-state index contributed by atoms with van der Waals surface area (Å²) in [5.41, 5.74) is 1.13. The van der Waals surface area contributed by atoms with Crippen molar-refractivity contribution in [2.75, 3.05) is 20.2 Å². The Morgan fingerprint density at radius 2 is 1.94 bits per heavy atom. The Morgan fingerprint density at radius 1 is 1.21 bits per heavy atom. The second-order valence-corrected chi connectivity index (χ2v) is 10.1. The molecule has 1 saturated heterocycles. The van der Waals surface area contributed by atoms with Gasteiger partial charge in [0.15, 0.2) is 17.1 Å². The van der Waals surface area contributed by atoms with E-state index >= 15 is 0 Å². The second-order valence-electron chi connectivity index (χ2n) is 8.19. The van der Waals surface area contributed by atoms with E-state index in [1.165, 1.54) is 46.3 Å². The van der Waals surface area contributed by atoms with Crippen molar-refractivity contribution in [1.82, 2.24) is 14.2 Å². The van der Waals surface area contributed by atoms with Crippen LogP contribution in [0.1, 0.15) is 37.8 Å². The van der Waals surface area contributed by atoms with Gasteiger partial charge in [-0.2, -0.15) is 4.31 Å². The Labute approximate surface area is 196 Å². The van der Waals surface area contributed by atoms with E-state index in [1.54, 1.807) is 13.0 Å². The highest BCUT2D eigenvalue weighted by Crippen LogP contribution is 2.25. The number of amides is 1. The lowest BCUT2D eigenvalue weighted by Crippen LogP contribution is -2.28. The van der Waals surface area contributed by atoms with Gasteiger partial charge < -0.3 is 14.5 Å². The number of hydrogen-bond acceptors (Lipinski definition) is 6. The highest BCUT2D eigenvalue weighted by Gasteiger charge is 2.28. The average Bonchev–Trinajstić information content (AvgIpc) is 3.45. The van der Waals surface area contributed by atoms with Crippen molar-refractivity contribution in [2.45, 2.75) is 43.7 Å². The van der Waals surface area contributed by atoms with E-state index in [0.29, 0.717) is 24.2 Å². The lowest BCUT2D eigenvalue weighted by atomic mass is 10.1. The van der Waals surface area contributed by atoms with E-state index < -0.39 is 27.6 Å². The first-order valence-electron chi connectivity index (χ1n) is 11.0. The highest BCUT2D eigenvalue weighted by atomic mass is 32.2. The van der Waals surface area contributed by atoms with Crippen LogP contribution in [0.5, 0.6) is 5.75 Å². The lowest BCUT2D eigenvalue weighted by molar-refractivity contribution is -0.121. The van der Waals surface area contributed by atoms with E-state index in [-0.39, 0.29) is 35.1 Å². The maximum Gasteiger partial charge on any atom is 0.419 e. The minimum Gasteiger partial charge on any atom is -0.494 e. The first-order chi connectivity index (χ1) is 16.2. The van der Waals surface area contributed by atoms with Crippen molar-refractivity contribution >= 4 is 27.0 Å². The summed E-state index contributed by atoms with van der Waals surface area (Å²) in [6, 6.07) is 8.31. The van der Waals surface area contributed by atoms with E-state index in [4.69, 9.17) is 9.15 Å². The van der Waals surface area contributed by atoms with Gasteiger partial charge in [0, 0.05) is 32.1 Å². The minimum absolute atomic E-state index is 0.0225. The number of aryl methyl sites for hydroxylation is 1. The number of carbonyl (C=O) groups is 1. The van der Waals surface area contributed by atoms with Crippen LogP contribution >= 0.6 is 0 Å². The fourth-order valence-electron chi connectivity index (χ4n) is 4.06. The SMILES string of the molecule is COc1ccc([C@H](C)NC(=O)CCn2c(=O)oc3cc(S(=O)(=O)N4CCCC4)ccc32)cc1F. The lowest BCUT2D eigenvalue weighted by Gasteiger charge is -2.15. The second kappa shape index (κ2) is 9.59. The van der Waals surface area contributed by atoms with Crippen LogP contribution in [0.4, 0.5) is 4.39 Å². The third kappa shape index (κ3) is 4.71. The standard InChI is InChI=1S/C23H26FN3O6S/c1-15(16-5-8-20(32-2)18(24)13-16)25-22(28)9-12-27-19-7-6-17(14-21(19)33-23(27)29)34(30,31)26-10-3-4-11-26/h5-8,13-15H,3-4,9-12H2,1-2H3,(H,25,28)/t15-/m0/s1. The quantitative estimate of drug-likeness (QED) is 0.519. The molecule has 0 bridgehead atoms. The summed E-state index contributed by atoms with van der Waals surface area (Å²) in [5.74, 6) is -1.42. The molecule has 1 atom stereocenters. The first kappa shape index (κ1) is 24.0. The van der Waals surface area contributed by atoms with Crippen LogP contribution in [-0.2, 0) is 21.4 Å². The normalized spacial score (nSPS) is 15.5. The molecule has 4 rings (SSSR count). The maximum atomic E-state index is 13.9. The molecule has 0 spiro atoms. The number of fused-ring (bicyclic) bond motifs is 1. The van der Waals surface area contributed by atoms with Crippen molar-refractivity contribution in [3.05, 3.63) is 58.3 Å². The van der Waals surface area contributed by atoms with Gasteiger partial charge in [-0.15, -0.1) is 0 Å². The fourth-order valence-corrected chi connectivity index (χ4v) is 5.59. The molecule has 34 heavy (non-hydrogen) atoms. The van der Waals surface area contributed by atoms with E-state index in [1.807, 2.05) is 0 Å². The third-order valence-electron chi connectivity index (χ3n) is 5.96. The number of benzene rings is 2. The number of sulfonamides is 1. The fraction of sp³-hybridized carbons (Fsp3) is 0.391. The number of methoxy groups -OCH3 is 1. The molecule has 0 saturated carbocycles. The van der Waals surface area contributed by atoms with Crippen LogP contribution in [0.2, 0.25) is 0 Å². The summed E-state index contributed by atoms with van der Waals surface area (Å²) in [7, 11) is -2.27. The molecule has 1 aromatic heterocycles. The first-order valence-corrected chi connectivity index (χ1v) is 12.4. The van der Waals surface area contributed by atoms with Crippen LogP contribution in [-0.4, -0.2) is 43.4 Å². The summed E-state index contributed by atoms with van der Waals surface area (Å²) >= 11 is 0. The van der Waals surface area contributed by atoms with Crippen LogP contribution in [0.15, 0.2) is 50.5 Å². The number of oxazole rings is 1. The van der Waals surface area contributed by atoms with Gasteiger partial charge in [-0.05, 0) is 49.6 Å². The Bertz CT molecular complexity index is 1380. The van der Waals surface area contributed by atoms with Gasteiger partial charge in [-0.25, -0.2) is 17.6 Å². The van der Waals surface area contributed by atoms with Crippen molar-refractivity contribution in [2.24, 2.45) is 0 Å². The number of hydrogen-bond donors (Lipinski definition) is 1. The Balaban J connectivity index is 1.45. The van der Waals surface area contributed by atoms with E-state index in [2.05, 4.69) is 5.32 Å². The van der Waals surface area contributed by atoms with Crippen LogP contribution in [0.3, 0.4) is 0 Å². The molecule has 11 heteroatoms. The van der Waals surface area contributed by atoms with Crippen LogP contribution in [0, 0.1) is 5.82 Å². The number of aromatic nitrogens is 1. The molecule has 0 unspecified atom stereocenters. The molecular formula is C23H26FN3O6S. The van der Waals surface area contributed by atoms with Gasteiger partial charge in [0.2, 0.25) is 15.9 Å². The zero-order valence-electron chi connectivity index (χ0n) is 18.9. The average molecular weight is 492 g/mol. The molecule has 2 aromatic carbocycles.